The van der Waals surface area contributed by atoms with Gasteiger partial charge < -0.3 is 9.84 Å². The second-order valence-electron chi connectivity index (χ2n) is 7.44. The molecule has 0 spiro atoms. The molecule has 29 heavy (non-hydrogen) atoms. The van der Waals surface area contributed by atoms with Crippen LogP contribution in [0.3, 0.4) is 0 Å². The lowest BCUT2D eigenvalue weighted by molar-refractivity contribution is -0.121. The van der Waals surface area contributed by atoms with E-state index in [1.54, 1.807) is 24.4 Å². The molecule has 1 aliphatic heterocycles. The minimum absolute atomic E-state index is 0.148. The highest BCUT2D eigenvalue weighted by molar-refractivity contribution is 6.30. The first-order valence-electron chi connectivity index (χ1n) is 9.60. The van der Waals surface area contributed by atoms with Crippen LogP contribution in [-0.2, 0) is 4.79 Å². The zero-order valence-electron chi connectivity index (χ0n) is 15.7. The van der Waals surface area contributed by atoms with E-state index in [0.717, 1.165) is 24.8 Å². The second kappa shape index (κ2) is 7.11. The Morgan fingerprint density at radius 1 is 1.21 bits per heavy atom. The lowest BCUT2D eigenvalue weighted by Gasteiger charge is -2.26. The van der Waals surface area contributed by atoms with Gasteiger partial charge in [0.1, 0.15) is 11.9 Å². The van der Waals surface area contributed by atoms with Gasteiger partial charge in [-0.05, 0) is 56.5 Å². The molecule has 2 fully saturated rings. The average molecular weight is 411 g/mol. The highest BCUT2D eigenvalue weighted by atomic mass is 35.5. The molecule has 8 nitrogen and oxygen atoms in total. The zero-order chi connectivity index (χ0) is 20.0. The molecular formula is C20H19ClN6O2. The molecule has 1 saturated heterocycles. The summed E-state index contributed by atoms with van der Waals surface area (Å²) in [4.78, 5) is 27.6. The fourth-order valence-corrected chi connectivity index (χ4v) is 4.15. The van der Waals surface area contributed by atoms with Gasteiger partial charge in [-0.25, -0.2) is 4.98 Å². The topological polar surface area (TPSA) is 97.0 Å². The van der Waals surface area contributed by atoms with E-state index < -0.39 is 0 Å². The number of carbonyl (C=O) groups excluding carboxylic acids is 1. The third-order valence-electron chi connectivity index (χ3n) is 5.50. The van der Waals surface area contributed by atoms with E-state index in [1.165, 1.54) is 0 Å². The predicted molar refractivity (Wildman–Crippen MR) is 107 cm³/mol. The summed E-state index contributed by atoms with van der Waals surface area (Å²) in [7, 11) is 0. The van der Waals surface area contributed by atoms with Crippen LogP contribution in [0, 0.1) is 5.92 Å². The van der Waals surface area contributed by atoms with Gasteiger partial charge in [-0.2, -0.15) is 9.97 Å². The fourth-order valence-electron chi connectivity index (χ4n) is 4.03. The van der Waals surface area contributed by atoms with E-state index in [2.05, 4.69) is 25.4 Å². The Bertz CT molecular complexity index is 1050. The Labute approximate surface area is 172 Å². The molecule has 3 heterocycles. The number of carbonyl (C=O) groups is 1. The van der Waals surface area contributed by atoms with Gasteiger partial charge in [0.2, 0.25) is 23.6 Å². The summed E-state index contributed by atoms with van der Waals surface area (Å²) in [6.45, 7) is 1.89. The van der Waals surface area contributed by atoms with Gasteiger partial charge in [0.15, 0.2) is 0 Å². The molecule has 0 unspecified atom stereocenters. The number of rotatable bonds is 5. The van der Waals surface area contributed by atoms with Crippen molar-refractivity contribution in [3.63, 3.8) is 0 Å². The maximum Gasteiger partial charge on any atom is 0.249 e. The first-order valence-corrected chi connectivity index (χ1v) is 9.98. The Morgan fingerprint density at radius 2 is 2.03 bits per heavy atom. The van der Waals surface area contributed by atoms with Gasteiger partial charge in [-0.15, -0.1) is 0 Å². The van der Waals surface area contributed by atoms with Crippen LogP contribution in [0.2, 0.25) is 5.02 Å². The van der Waals surface area contributed by atoms with Crippen LogP contribution in [0.4, 0.5) is 11.8 Å². The monoisotopic (exact) mass is 410 g/mol. The third-order valence-corrected chi connectivity index (χ3v) is 5.76. The van der Waals surface area contributed by atoms with Crippen molar-refractivity contribution in [2.24, 2.45) is 5.92 Å². The summed E-state index contributed by atoms with van der Waals surface area (Å²) in [5, 5.41) is 7.86. The van der Waals surface area contributed by atoms with Crippen molar-refractivity contribution in [3.05, 3.63) is 47.4 Å². The van der Waals surface area contributed by atoms with Crippen LogP contribution in [0.5, 0.6) is 0 Å². The van der Waals surface area contributed by atoms with Crippen LogP contribution in [0.15, 0.2) is 41.1 Å². The van der Waals surface area contributed by atoms with Crippen molar-refractivity contribution in [2.45, 2.75) is 38.3 Å². The molecule has 1 saturated carbocycles. The lowest BCUT2D eigenvalue weighted by Crippen LogP contribution is -2.37. The van der Waals surface area contributed by atoms with Crippen molar-refractivity contribution in [1.82, 2.24) is 20.1 Å². The third kappa shape index (κ3) is 3.33. The number of hydrogen-bond acceptors (Lipinski definition) is 7. The van der Waals surface area contributed by atoms with E-state index in [1.807, 2.05) is 24.0 Å². The highest BCUT2D eigenvalue weighted by Gasteiger charge is 2.45. The lowest BCUT2D eigenvalue weighted by atomic mass is 10.1. The molecule has 1 amide bonds. The Hall–Kier alpha value is -3.00. The Kier molecular flexibility index (Phi) is 4.43. The molecule has 3 aromatic rings. The Morgan fingerprint density at radius 3 is 2.79 bits per heavy atom. The maximum absolute atomic E-state index is 12.5. The molecular weight excluding hydrogens is 392 g/mol. The number of nitrogens with one attached hydrogen (secondary N) is 1. The van der Waals surface area contributed by atoms with E-state index in [4.69, 9.17) is 16.1 Å². The summed E-state index contributed by atoms with van der Waals surface area (Å²) in [5.74, 6) is 2.27. The number of halogens is 1. The van der Waals surface area contributed by atoms with E-state index in [-0.39, 0.29) is 23.9 Å². The molecule has 9 heteroatoms. The molecule has 1 N–H and O–H groups in total. The molecule has 2 aliphatic rings. The number of fused-ring (bicyclic) bond motifs is 2. The first-order chi connectivity index (χ1) is 14.1. The van der Waals surface area contributed by atoms with Crippen molar-refractivity contribution in [2.75, 3.05) is 10.2 Å². The number of hydrogen-bond donors (Lipinski definition) is 1. The predicted octanol–water partition coefficient (Wildman–Crippen LogP) is 3.87. The zero-order valence-corrected chi connectivity index (χ0v) is 16.5. The van der Waals surface area contributed by atoms with Crippen LogP contribution in [-0.4, -0.2) is 32.1 Å². The van der Waals surface area contributed by atoms with Crippen LogP contribution in [0.1, 0.15) is 38.1 Å². The summed E-state index contributed by atoms with van der Waals surface area (Å²) >= 11 is 5.92. The fraction of sp³-hybridized carbons (Fsp3) is 0.350. The van der Waals surface area contributed by atoms with Gasteiger partial charge in [-0.3, -0.25) is 9.69 Å². The summed E-state index contributed by atoms with van der Waals surface area (Å²) in [6, 6.07) is 8.96. The largest absolute Gasteiger partial charge is 0.343 e. The van der Waals surface area contributed by atoms with E-state index in [9.17, 15) is 4.79 Å². The molecule has 1 aromatic carbocycles. The number of anilines is 2. The van der Waals surface area contributed by atoms with Crippen molar-refractivity contribution in [3.8, 4) is 11.4 Å². The molecule has 2 bridgehead atoms. The van der Waals surface area contributed by atoms with Crippen LogP contribution >= 0.6 is 11.6 Å². The minimum atomic E-state index is -0.301. The molecule has 5 rings (SSSR count). The van der Waals surface area contributed by atoms with Crippen LogP contribution < -0.4 is 10.2 Å². The molecule has 3 atom stereocenters. The van der Waals surface area contributed by atoms with Gasteiger partial charge in [0.05, 0.1) is 0 Å². The van der Waals surface area contributed by atoms with Crippen molar-refractivity contribution in [1.29, 1.82) is 0 Å². The minimum Gasteiger partial charge on any atom is -0.343 e. The highest BCUT2D eigenvalue weighted by Crippen LogP contribution is 2.40. The second-order valence-corrected chi connectivity index (χ2v) is 7.88. The van der Waals surface area contributed by atoms with Gasteiger partial charge in [-0.1, -0.05) is 16.8 Å². The van der Waals surface area contributed by atoms with Gasteiger partial charge >= 0.3 is 0 Å². The normalized spacial score (nSPS) is 21.6. The average Bonchev–Trinajstić information content (AvgIpc) is 3.45. The molecule has 1 aliphatic carbocycles. The van der Waals surface area contributed by atoms with E-state index in [0.29, 0.717) is 28.5 Å². The molecule has 148 valence electrons. The quantitative estimate of drug-likeness (QED) is 0.681. The number of amides is 1. The van der Waals surface area contributed by atoms with Crippen LogP contribution in [0.25, 0.3) is 11.4 Å². The maximum atomic E-state index is 12.5. The van der Waals surface area contributed by atoms with E-state index >= 15 is 0 Å². The number of aromatic nitrogens is 4. The first kappa shape index (κ1) is 18.1. The number of benzene rings is 1. The van der Waals surface area contributed by atoms with Crippen molar-refractivity contribution >= 4 is 29.3 Å². The Balaban J connectivity index is 1.32. The van der Waals surface area contributed by atoms with Crippen molar-refractivity contribution < 1.29 is 9.32 Å². The van der Waals surface area contributed by atoms with Gasteiger partial charge in [0, 0.05) is 28.7 Å². The summed E-state index contributed by atoms with van der Waals surface area (Å²) in [5.41, 5.74) is 0.817. The number of piperidine rings is 1. The summed E-state index contributed by atoms with van der Waals surface area (Å²) in [6.07, 6.45) is 4.61. The van der Waals surface area contributed by atoms with Gasteiger partial charge in [0.25, 0.3) is 0 Å². The smallest absolute Gasteiger partial charge is 0.249 e. The molecule has 2 aromatic heterocycles. The SMILES string of the molecule is C[C@@H](Nc1nccc(N2C(=O)[C@@H]3CC[C@H]2C3)n1)c1nc(-c2ccc(Cl)cc2)no1. The number of nitrogens with zero attached hydrogens (tertiary/aromatic N) is 5. The molecule has 0 radical (unpaired) electrons. The standard InChI is InChI=1S/C20H19ClN6O2/c1-11(18-25-17(26-29-18)12-2-5-14(21)6-3-12)23-20-22-9-8-16(24-20)27-15-7-4-13(10-15)19(27)28/h2-3,5-6,8-9,11,13,15H,4,7,10H2,1H3,(H,22,23,24)/t11-,13-,15+/m1/s1. The summed E-state index contributed by atoms with van der Waals surface area (Å²) < 4.78 is 5.39.